The molecule has 1 fully saturated rings. The average molecular weight is 320 g/mol. The predicted octanol–water partition coefficient (Wildman–Crippen LogP) is 3.09. The van der Waals surface area contributed by atoms with Crippen molar-refractivity contribution >= 4 is 15.9 Å². The van der Waals surface area contributed by atoms with E-state index in [2.05, 4.69) is 68.0 Å². The first-order valence-corrected chi connectivity index (χ1v) is 7.44. The van der Waals surface area contributed by atoms with E-state index in [9.17, 15) is 0 Å². The number of aryl methyl sites for hydroxylation is 1. The van der Waals surface area contributed by atoms with E-state index in [1.807, 2.05) is 6.20 Å². The summed E-state index contributed by atoms with van der Waals surface area (Å²) in [6.45, 7) is 6.54. The highest BCUT2D eigenvalue weighted by atomic mass is 79.9. The minimum atomic E-state index is 0.745. The number of likely N-dealkylation sites (tertiary alicyclic amines) is 1. The molecule has 0 atom stereocenters. The lowest BCUT2D eigenvalue weighted by Crippen LogP contribution is -2.47. The van der Waals surface area contributed by atoms with Crippen molar-refractivity contribution in [1.29, 1.82) is 0 Å². The number of benzene rings is 1. The van der Waals surface area contributed by atoms with Gasteiger partial charge in [0.2, 0.25) is 0 Å². The highest BCUT2D eigenvalue weighted by Gasteiger charge is 2.26. The van der Waals surface area contributed by atoms with E-state index >= 15 is 0 Å². The van der Waals surface area contributed by atoms with Crippen LogP contribution in [0.2, 0.25) is 0 Å². The number of rotatable bonds is 4. The zero-order valence-electron chi connectivity index (χ0n) is 11.1. The van der Waals surface area contributed by atoms with Crippen molar-refractivity contribution in [3.63, 3.8) is 0 Å². The fourth-order valence-corrected chi connectivity index (χ4v) is 2.87. The van der Waals surface area contributed by atoms with Crippen LogP contribution in [0.25, 0.3) is 0 Å². The van der Waals surface area contributed by atoms with Crippen molar-refractivity contribution in [2.45, 2.75) is 20.0 Å². The summed E-state index contributed by atoms with van der Waals surface area (Å²) in [5.41, 5.74) is 2.63. The maximum Gasteiger partial charge on any atom is 0.0518 e. The number of hydrogen-bond acceptors (Lipinski definition) is 2. The number of halogens is 1. The predicted molar refractivity (Wildman–Crippen MR) is 79.9 cm³/mol. The lowest BCUT2D eigenvalue weighted by molar-refractivity contribution is 0.0778. The van der Waals surface area contributed by atoms with Crippen LogP contribution in [0.4, 0.5) is 0 Å². The molecular formula is C15H18BrN3. The smallest absolute Gasteiger partial charge is 0.0518 e. The summed E-state index contributed by atoms with van der Waals surface area (Å²) in [5.74, 6) is 0.745. The second kappa shape index (κ2) is 5.47. The lowest BCUT2D eigenvalue weighted by atomic mass is 9.99. The lowest BCUT2D eigenvalue weighted by Gasteiger charge is -2.39. The summed E-state index contributed by atoms with van der Waals surface area (Å²) in [7, 11) is 0. The van der Waals surface area contributed by atoms with Gasteiger partial charge in [0.25, 0.3) is 0 Å². The summed E-state index contributed by atoms with van der Waals surface area (Å²) in [5, 5.41) is 4.35. The van der Waals surface area contributed by atoms with Crippen molar-refractivity contribution in [3.05, 3.63) is 52.3 Å². The Hall–Kier alpha value is -1.13. The Morgan fingerprint density at radius 1 is 1.26 bits per heavy atom. The fourth-order valence-electron chi connectivity index (χ4n) is 2.60. The third kappa shape index (κ3) is 3.25. The molecule has 0 unspecified atom stereocenters. The first kappa shape index (κ1) is 12.9. The molecule has 1 aliphatic rings. The molecule has 0 N–H and O–H groups in total. The highest BCUT2D eigenvalue weighted by molar-refractivity contribution is 9.10. The Balaban J connectivity index is 1.46. The molecule has 1 saturated heterocycles. The Morgan fingerprint density at radius 3 is 2.63 bits per heavy atom. The molecule has 0 bridgehead atoms. The fraction of sp³-hybridized carbons (Fsp3) is 0.400. The zero-order chi connectivity index (χ0) is 13.2. The first-order valence-electron chi connectivity index (χ1n) is 6.65. The van der Waals surface area contributed by atoms with Crippen molar-refractivity contribution in [2.24, 2.45) is 5.92 Å². The molecule has 0 spiro atoms. The Morgan fingerprint density at radius 2 is 2.00 bits per heavy atom. The zero-order valence-corrected chi connectivity index (χ0v) is 12.7. The van der Waals surface area contributed by atoms with Gasteiger partial charge in [0.15, 0.2) is 0 Å². The van der Waals surface area contributed by atoms with Gasteiger partial charge in [-0.05, 0) is 30.2 Å². The van der Waals surface area contributed by atoms with Crippen LogP contribution >= 0.6 is 15.9 Å². The molecule has 2 aromatic rings. The van der Waals surface area contributed by atoms with E-state index in [1.54, 1.807) is 0 Å². The van der Waals surface area contributed by atoms with Crippen LogP contribution in [-0.4, -0.2) is 27.8 Å². The van der Waals surface area contributed by atoms with E-state index < -0.39 is 0 Å². The summed E-state index contributed by atoms with van der Waals surface area (Å²) >= 11 is 3.47. The third-order valence-electron chi connectivity index (χ3n) is 3.56. The summed E-state index contributed by atoms with van der Waals surface area (Å²) in [6.07, 6.45) is 4.05. The molecular weight excluding hydrogens is 302 g/mol. The normalized spacial score (nSPS) is 16.5. The molecule has 1 aromatic heterocycles. The monoisotopic (exact) mass is 319 g/mol. The quantitative estimate of drug-likeness (QED) is 0.863. The van der Waals surface area contributed by atoms with Crippen LogP contribution < -0.4 is 0 Å². The van der Waals surface area contributed by atoms with E-state index in [0.717, 1.165) is 23.5 Å². The number of aromatic nitrogens is 2. The van der Waals surface area contributed by atoms with Gasteiger partial charge in [0.1, 0.15) is 0 Å². The van der Waals surface area contributed by atoms with Crippen molar-refractivity contribution < 1.29 is 0 Å². The maximum absolute atomic E-state index is 4.35. The average Bonchev–Trinajstić information content (AvgIpc) is 2.75. The molecule has 1 aliphatic heterocycles. The standard InChI is InChI=1S/C15H18BrN3/c1-12-6-17-19(7-12)11-14-9-18(10-14)8-13-2-4-15(16)5-3-13/h2-7,14H,8-11H2,1H3. The van der Waals surface area contributed by atoms with E-state index in [4.69, 9.17) is 0 Å². The molecule has 4 heteroatoms. The Bertz CT molecular complexity index is 541. The molecule has 0 amide bonds. The van der Waals surface area contributed by atoms with Gasteiger partial charge in [-0.15, -0.1) is 0 Å². The van der Waals surface area contributed by atoms with Gasteiger partial charge < -0.3 is 0 Å². The summed E-state index contributed by atoms with van der Waals surface area (Å²) < 4.78 is 3.21. The minimum Gasteiger partial charge on any atom is -0.298 e. The van der Waals surface area contributed by atoms with Crippen LogP contribution in [0.1, 0.15) is 11.1 Å². The van der Waals surface area contributed by atoms with Crippen LogP contribution in [-0.2, 0) is 13.1 Å². The second-order valence-corrected chi connectivity index (χ2v) is 6.34. The summed E-state index contributed by atoms with van der Waals surface area (Å²) in [4.78, 5) is 2.49. The van der Waals surface area contributed by atoms with Crippen LogP contribution in [0.3, 0.4) is 0 Å². The van der Waals surface area contributed by atoms with Crippen LogP contribution in [0.15, 0.2) is 41.1 Å². The van der Waals surface area contributed by atoms with Gasteiger partial charge in [-0.1, -0.05) is 28.1 Å². The molecule has 100 valence electrons. The Labute approximate surface area is 122 Å². The molecule has 0 radical (unpaired) electrons. The maximum atomic E-state index is 4.35. The topological polar surface area (TPSA) is 21.1 Å². The van der Waals surface area contributed by atoms with Crippen LogP contribution in [0, 0.1) is 12.8 Å². The van der Waals surface area contributed by atoms with Crippen LogP contribution in [0.5, 0.6) is 0 Å². The minimum absolute atomic E-state index is 0.745. The van der Waals surface area contributed by atoms with Gasteiger partial charge in [-0.25, -0.2) is 0 Å². The molecule has 19 heavy (non-hydrogen) atoms. The second-order valence-electron chi connectivity index (χ2n) is 5.43. The highest BCUT2D eigenvalue weighted by Crippen LogP contribution is 2.21. The molecule has 0 aliphatic carbocycles. The largest absolute Gasteiger partial charge is 0.298 e. The molecule has 3 rings (SSSR count). The number of nitrogens with zero attached hydrogens (tertiary/aromatic N) is 3. The van der Waals surface area contributed by atoms with Gasteiger partial charge in [0.05, 0.1) is 6.20 Å². The van der Waals surface area contributed by atoms with E-state index in [1.165, 1.54) is 24.2 Å². The molecule has 3 nitrogen and oxygen atoms in total. The first-order chi connectivity index (χ1) is 9.19. The van der Waals surface area contributed by atoms with Gasteiger partial charge in [-0.2, -0.15) is 5.10 Å². The van der Waals surface area contributed by atoms with E-state index in [0.29, 0.717) is 0 Å². The Kier molecular flexibility index (Phi) is 3.71. The van der Waals surface area contributed by atoms with Gasteiger partial charge in [-0.3, -0.25) is 9.58 Å². The molecule has 0 saturated carbocycles. The van der Waals surface area contributed by atoms with Crippen molar-refractivity contribution in [3.8, 4) is 0 Å². The number of hydrogen-bond donors (Lipinski definition) is 0. The van der Waals surface area contributed by atoms with Gasteiger partial charge >= 0.3 is 0 Å². The summed E-state index contributed by atoms with van der Waals surface area (Å²) in [6, 6.07) is 8.60. The molecule has 1 aromatic carbocycles. The van der Waals surface area contributed by atoms with Crippen molar-refractivity contribution in [2.75, 3.05) is 13.1 Å². The van der Waals surface area contributed by atoms with Gasteiger partial charge in [0, 0.05) is 42.8 Å². The third-order valence-corrected chi connectivity index (χ3v) is 4.09. The molecule has 2 heterocycles. The van der Waals surface area contributed by atoms with Crippen molar-refractivity contribution in [1.82, 2.24) is 14.7 Å². The van der Waals surface area contributed by atoms with E-state index in [-0.39, 0.29) is 0 Å². The SMILES string of the molecule is Cc1cnn(CC2CN(Cc3ccc(Br)cc3)C2)c1.